The van der Waals surface area contributed by atoms with E-state index in [0.29, 0.717) is 17.9 Å². The normalized spacial score (nSPS) is 12.0. The van der Waals surface area contributed by atoms with Crippen molar-refractivity contribution in [1.82, 2.24) is 10.2 Å². The molecule has 0 radical (unpaired) electrons. The number of hydrogen-bond donors (Lipinski definition) is 1. The van der Waals surface area contributed by atoms with Crippen LogP contribution in [0.25, 0.3) is 0 Å². The van der Waals surface area contributed by atoms with Gasteiger partial charge in [-0.2, -0.15) is 0 Å². The van der Waals surface area contributed by atoms with Crippen molar-refractivity contribution < 1.29 is 22.7 Å². The quantitative estimate of drug-likeness (QED) is 0.313. The third-order valence-corrected chi connectivity index (χ3v) is 7.60. The van der Waals surface area contributed by atoms with E-state index in [0.717, 1.165) is 17.4 Å². The second-order valence-corrected chi connectivity index (χ2v) is 11.9. The van der Waals surface area contributed by atoms with Crippen LogP contribution in [0.1, 0.15) is 37.8 Å². The van der Waals surface area contributed by atoms with Gasteiger partial charge in [-0.1, -0.05) is 60.7 Å². The van der Waals surface area contributed by atoms with Gasteiger partial charge in [-0.3, -0.25) is 13.9 Å². The molecular formula is C31H39N3O5S. The maximum Gasteiger partial charge on any atom is 0.243 e. The molecule has 1 atom stereocenters. The summed E-state index contributed by atoms with van der Waals surface area (Å²) in [5.41, 5.74) is 2.34. The molecule has 2 amide bonds. The van der Waals surface area contributed by atoms with Gasteiger partial charge in [-0.15, -0.1) is 0 Å². The van der Waals surface area contributed by atoms with Gasteiger partial charge in [0.05, 0.1) is 19.1 Å². The number of sulfonamides is 1. The topological polar surface area (TPSA) is 96.0 Å². The van der Waals surface area contributed by atoms with Crippen molar-refractivity contribution in [2.24, 2.45) is 0 Å². The molecule has 0 aliphatic heterocycles. The maximum atomic E-state index is 13.8. The summed E-state index contributed by atoms with van der Waals surface area (Å²) >= 11 is 0. The van der Waals surface area contributed by atoms with Crippen LogP contribution in [-0.4, -0.2) is 57.1 Å². The largest absolute Gasteiger partial charge is 0.497 e. The van der Waals surface area contributed by atoms with E-state index in [1.165, 1.54) is 4.31 Å². The minimum Gasteiger partial charge on any atom is -0.497 e. The van der Waals surface area contributed by atoms with Crippen molar-refractivity contribution in [1.29, 1.82) is 0 Å². The van der Waals surface area contributed by atoms with Crippen LogP contribution in [0, 0.1) is 0 Å². The van der Waals surface area contributed by atoms with E-state index in [1.807, 2.05) is 74.5 Å². The number of nitrogens with one attached hydrogen (secondary N) is 1. The number of carbonyl (C=O) groups is 2. The summed E-state index contributed by atoms with van der Waals surface area (Å²) in [6.45, 7) is 4.16. The van der Waals surface area contributed by atoms with Gasteiger partial charge in [0.25, 0.3) is 0 Å². The van der Waals surface area contributed by atoms with E-state index in [-0.39, 0.29) is 43.8 Å². The number of carbonyl (C=O) groups excluding carboxylic acids is 2. The SMILES string of the molecule is COc1ccc(N(CCCC(=O)N(Cc2ccccc2)[C@H](Cc2ccccc2)C(=O)NC(C)C)S(C)(=O)=O)cc1. The third kappa shape index (κ3) is 9.12. The number of benzene rings is 3. The van der Waals surface area contributed by atoms with E-state index in [9.17, 15) is 18.0 Å². The first-order chi connectivity index (χ1) is 19.1. The maximum absolute atomic E-state index is 13.8. The fourth-order valence-corrected chi connectivity index (χ4v) is 5.43. The molecule has 0 aliphatic rings. The highest BCUT2D eigenvalue weighted by Gasteiger charge is 2.30. The highest BCUT2D eigenvalue weighted by molar-refractivity contribution is 7.92. The van der Waals surface area contributed by atoms with E-state index in [4.69, 9.17) is 4.74 Å². The van der Waals surface area contributed by atoms with Crippen LogP contribution in [-0.2, 0) is 32.6 Å². The summed E-state index contributed by atoms with van der Waals surface area (Å²) in [4.78, 5) is 28.8. The van der Waals surface area contributed by atoms with Crippen molar-refractivity contribution >= 4 is 27.5 Å². The van der Waals surface area contributed by atoms with Crippen molar-refractivity contribution in [3.8, 4) is 5.75 Å². The van der Waals surface area contributed by atoms with Gasteiger partial charge < -0.3 is 15.0 Å². The predicted octanol–water partition coefficient (Wildman–Crippen LogP) is 4.41. The number of amides is 2. The highest BCUT2D eigenvalue weighted by Crippen LogP contribution is 2.23. The first-order valence-electron chi connectivity index (χ1n) is 13.4. The second-order valence-electron chi connectivity index (χ2n) is 10.0. The Hall–Kier alpha value is -3.85. The molecule has 0 saturated heterocycles. The fraction of sp³-hybridized carbons (Fsp3) is 0.355. The predicted molar refractivity (Wildman–Crippen MR) is 159 cm³/mol. The smallest absolute Gasteiger partial charge is 0.243 e. The number of nitrogens with zero attached hydrogens (tertiary/aromatic N) is 2. The van der Waals surface area contributed by atoms with Crippen molar-refractivity contribution in [2.75, 3.05) is 24.2 Å². The fourth-order valence-electron chi connectivity index (χ4n) is 4.47. The summed E-state index contributed by atoms with van der Waals surface area (Å²) in [5, 5.41) is 2.98. The third-order valence-electron chi connectivity index (χ3n) is 6.41. The molecule has 40 heavy (non-hydrogen) atoms. The Balaban J connectivity index is 1.84. The van der Waals surface area contributed by atoms with Gasteiger partial charge in [-0.25, -0.2) is 8.42 Å². The monoisotopic (exact) mass is 565 g/mol. The standard InChI is InChI=1S/C31H39N3O5S/c1-24(2)32-31(36)29(22-25-12-7-5-8-13-25)33(23-26-14-9-6-10-15-26)30(35)16-11-21-34(40(4,37)38)27-17-19-28(39-3)20-18-27/h5-10,12-15,17-20,24,29H,11,16,21-23H2,1-4H3,(H,32,36)/t29-/m1/s1. The molecule has 214 valence electrons. The van der Waals surface area contributed by atoms with Gasteiger partial charge >= 0.3 is 0 Å². The second kappa shape index (κ2) is 14.5. The number of anilines is 1. The van der Waals surface area contributed by atoms with E-state index in [2.05, 4.69) is 5.32 Å². The number of ether oxygens (including phenoxy) is 1. The first kappa shape index (κ1) is 30.7. The van der Waals surface area contributed by atoms with Crippen LogP contribution in [0.5, 0.6) is 5.75 Å². The Labute approximate surface area is 238 Å². The Morgan fingerprint density at radius 3 is 1.98 bits per heavy atom. The minimum atomic E-state index is -3.58. The van der Waals surface area contributed by atoms with Crippen molar-refractivity contribution in [3.05, 3.63) is 96.1 Å². The van der Waals surface area contributed by atoms with Crippen LogP contribution in [0.4, 0.5) is 5.69 Å². The zero-order chi connectivity index (χ0) is 29.1. The zero-order valence-corrected chi connectivity index (χ0v) is 24.4. The van der Waals surface area contributed by atoms with Gasteiger partial charge in [0, 0.05) is 32.0 Å². The average molecular weight is 566 g/mol. The molecule has 9 heteroatoms. The Morgan fingerprint density at radius 2 is 1.45 bits per heavy atom. The zero-order valence-electron chi connectivity index (χ0n) is 23.6. The van der Waals surface area contributed by atoms with E-state index >= 15 is 0 Å². The summed E-state index contributed by atoms with van der Waals surface area (Å²) in [6.07, 6.45) is 1.87. The summed E-state index contributed by atoms with van der Waals surface area (Å²) in [7, 11) is -2.04. The number of rotatable bonds is 14. The first-order valence-corrected chi connectivity index (χ1v) is 15.2. The van der Waals surface area contributed by atoms with Gasteiger partial charge in [0.2, 0.25) is 21.8 Å². The van der Waals surface area contributed by atoms with Gasteiger partial charge in [0.1, 0.15) is 11.8 Å². The molecule has 8 nitrogen and oxygen atoms in total. The van der Waals surface area contributed by atoms with Crippen molar-refractivity contribution in [3.63, 3.8) is 0 Å². The molecule has 0 heterocycles. The summed E-state index contributed by atoms with van der Waals surface area (Å²) in [5.74, 6) is 0.180. The molecule has 0 fully saturated rings. The summed E-state index contributed by atoms with van der Waals surface area (Å²) < 4.78 is 31.6. The van der Waals surface area contributed by atoms with Crippen LogP contribution >= 0.6 is 0 Å². The minimum absolute atomic E-state index is 0.0786. The Morgan fingerprint density at radius 1 is 0.875 bits per heavy atom. The average Bonchev–Trinajstić information content (AvgIpc) is 2.93. The molecule has 1 N–H and O–H groups in total. The highest BCUT2D eigenvalue weighted by atomic mass is 32.2. The molecule has 0 aromatic heterocycles. The molecule has 3 rings (SSSR count). The van der Waals surface area contributed by atoms with E-state index < -0.39 is 16.1 Å². The molecule has 0 unspecified atom stereocenters. The van der Waals surface area contributed by atoms with Crippen molar-refractivity contribution in [2.45, 2.75) is 51.7 Å². The lowest BCUT2D eigenvalue weighted by atomic mass is 10.0. The molecule has 3 aromatic rings. The molecule has 3 aromatic carbocycles. The molecule has 0 saturated carbocycles. The van der Waals surface area contributed by atoms with E-state index in [1.54, 1.807) is 36.3 Å². The van der Waals surface area contributed by atoms with Crippen LogP contribution in [0.3, 0.4) is 0 Å². The number of hydrogen-bond acceptors (Lipinski definition) is 5. The van der Waals surface area contributed by atoms with Gasteiger partial charge in [0.15, 0.2) is 0 Å². The van der Waals surface area contributed by atoms with Crippen LogP contribution < -0.4 is 14.4 Å². The van der Waals surface area contributed by atoms with Crippen LogP contribution in [0.2, 0.25) is 0 Å². The lowest BCUT2D eigenvalue weighted by molar-refractivity contribution is -0.141. The van der Waals surface area contributed by atoms with Gasteiger partial charge in [-0.05, 0) is 55.7 Å². The summed E-state index contributed by atoms with van der Waals surface area (Å²) in [6, 6.07) is 25.1. The lowest BCUT2D eigenvalue weighted by Gasteiger charge is -2.32. The number of methoxy groups -OCH3 is 1. The molecule has 0 bridgehead atoms. The lowest BCUT2D eigenvalue weighted by Crippen LogP contribution is -2.51. The molecule has 0 spiro atoms. The molecular weight excluding hydrogens is 526 g/mol. The Kier molecular flexibility index (Phi) is 11.1. The Bertz CT molecular complexity index is 1330. The molecule has 0 aliphatic carbocycles. The van der Waals surface area contributed by atoms with Crippen LogP contribution in [0.15, 0.2) is 84.9 Å².